The number of nitrogens with zero attached hydrogens (tertiary/aromatic N) is 1. The molecule has 0 unspecified atom stereocenters. The predicted molar refractivity (Wildman–Crippen MR) is 60.4 cm³/mol. The summed E-state index contributed by atoms with van der Waals surface area (Å²) in [6.45, 7) is 3.50. The van der Waals surface area contributed by atoms with E-state index in [1.807, 2.05) is 13.8 Å². The van der Waals surface area contributed by atoms with Crippen LogP contribution >= 0.6 is 23.2 Å². The predicted octanol–water partition coefficient (Wildman–Crippen LogP) is 3.42. The van der Waals surface area contributed by atoms with Gasteiger partial charge in [-0.25, -0.2) is 0 Å². The topological polar surface area (TPSA) is 63.4 Å². The number of benzene rings is 1. The van der Waals surface area contributed by atoms with E-state index in [2.05, 4.69) is 0 Å². The summed E-state index contributed by atoms with van der Waals surface area (Å²) in [5.74, 6) is 0. The second kappa shape index (κ2) is 6.61. The Morgan fingerprint density at radius 2 is 1.93 bits per heavy atom. The van der Waals surface area contributed by atoms with Gasteiger partial charge in [0.15, 0.2) is 0 Å². The van der Waals surface area contributed by atoms with Crippen molar-refractivity contribution in [3.63, 3.8) is 0 Å². The first-order valence-electron chi connectivity index (χ1n) is 4.30. The quantitative estimate of drug-likeness (QED) is 0.647. The Morgan fingerprint density at radius 1 is 1.40 bits per heavy atom. The van der Waals surface area contributed by atoms with Crippen LogP contribution in [0.3, 0.4) is 0 Å². The van der Waals surface area contributed by atoms with E-state index in [0.717, 1.165) is 0 Å². The Morgan fingerprint density at radius 3 is 2.33 bits per heavy atom. The van der Waals surface area contributed by atoms with E-state index >= 15 is 0 Å². The molecule has 1 aromatic rings. The van der Waals surface area contributed by atoms with Gasteiger partial charge < -0.3 is 5.11 Å². The van der Waals surface area contributed by atoms with Crippen LogP contribution in [0.2, 0.25) is 10.0 Å². The fourth-order valence-electron chi connectivity index (χ4n) is 0.904. The SMILES string of the molecule is CC.O=[N+]([O-])c1ccc(Cl)c(Cl)c1CO. The fraction of sp³-hybridized carbons (Fsp3) is 0.333. The van der Waals surface area contributed by atoms with Crippen molar-refractivity contribution in [1.82, 2.24) is 0 Å². The molecule has 0 spiro atoms. The van der Waals surface area contributed by atoms with Crippen LogP contribution in [0, 0.1) is 10.1 Å². The average Bonchev–Trinajstić information content (AvgIpc) is 2.24. The lowest BCUT2D eigenvalue weighted by Crippen LogP contribution is -1.96. The smallest absolute Gasteiger partial charge is 0.276 e. The molecule has 0 heterocycles. The summed E-state index contributed by atoms with van der Waals surface area (Å²) in [6, 6.07) is 2.53. The van der Waals surface area contributed by atoms with Crippen molar-refractivity contribution >= 4 is 28.9 Å². The molecule has 1 aromatic carbocycles. The second-order valence-electron chi connectivity index (χ2n) is 2.27. The van der Waals surface area contributed by atoms with Gasteiger partial charge in [-0.2, -0.15) is 0 Å². The van der Waals surface area contributed by atoms with E-state index in [4.69, 9.17) is 28.3 Å². The number of aliphatic hydroxyl groups is 1. The lowest BCUT2D eigenvalue weighted by atomic mass is 10.2. The van der Waals surface area contributed by atoms with E-state index in [1.165, 1.54) is 12.1 Å². The van der Waals surface area contributed by atoms with Crippen molar-refractivity contribution in [3.8, 4) is 0 Å². The summed E-state index contributed by atoms with van der Waals surface area (Å²) in [4.78, 5) is 9.82. The van der Waals surface area contributed by atoms with Crippen LogP contribution in [0.1, 0.15) is 19.4 Å². The standard InChI is InChI=1S/C7H5Cl2NO3.C2H6/c8-5-1-2-6(10(12)13)4(3-11)7(5)9;1-2/h1-2,11H,3H2;1-2H3. The largest absolute Gasteiger partial charge is 0.391 e. The zero-order valence-electron chi connectivity index (χ0n) is 8.33. The minimum atomic E-state index is -0.617. The highest BCUT2D eigenvalue weighted by Gasteiger charge is 2.17. The molecular weight excluding hydrogens is 241 g/mol. The molecular formula is C9H11Cl2NO3. The van der Waals surface area contributed by atoms with Crippen LogP contribution in [-0.4, -0.2) is 10.0 Å². The molecule has 15 heavy (non-hydrogen) atoms. The van der Waals surface area contributed by atoms with E-state index in [-0.39, 0.29) is 21.3 Å². The van der Waals surface area contributed by atoms with Crippen LogP contribution in [0.15, 0.2) is 12.1 Å². The molecule has 0 aliphatic carbocycles. The maximum Gasteiger partial charge on any atom is 0.276 e. The molecule has 0 saturated heterocycles. The molecule has 0 amide bonds. The van der Waals surface area contributed by atoms with Crippen LogP contribution in [0.25, 0.3) is 0 Å². The van der Waals surface area contributed by atoms with Gasteiger partial charge in [-0.15, -0.1) is 0 Å². The third kappa shape index (κ3) is 3.34. The van der Waals surface area contributed by atoms with E-state index in [1.54, 1.807) is 0 Å². The molecule has 1 N–H and O–H groups in total. The van der Waals surface area contributed by atoms with Crippen molar-refractivity contribution in [2.75, 3.05) is 0 Å². The summed E-state index contributed by atoms with van der Waals surface area (Å²) in [5.41, 5.74) is -0.184. The van der Waals surface area contributed by atoms with Gasteiger partial charge in [0.1, 0.15) is 0 Å². The van der Waals surface area contributed by atoms with Gasteiger partial charge in [-0.3, -0.25) is 10.1 Å². The minimum Gasteiger partial charge on any atom is -0.391 e. The van der Waals surface area contributed by atoms with Crippen LogP contribution in [0.5, 0.6) is 0 Å². The van der Waals surface area contributed by atoms with Gasteiger partial charge in [0, 0.05) is 6.07 Å². The van der Waals surface area contributed by atoms with Gasteiger partial charge in [0.05, 0.1) is 27.1 Å². The highest BCUT2D eigenvalue weighted by Crippen LogP contribution is 2.32. The van der Waals surface area contributed by atoms with E-state index in [9.17, 15) is 10.1 Å². The summed E-state index contributed by atoms with van der Waals surface area (Å²) in [6.07, 6.45) is 0. The van der Waals surface area contributed by atoms with E-state index < -0.39 is 11.5 Å². The van der Waals surface area contributed by atoms with Crippen LogP contribution in [0.4, 0.5) is 5.69 Å². The number of halogens is 2. The Labute approximate surface area is 97.6 Å². The highest BCUT2D eigenvalue weighted by atomic mass is 35.5. The Bertz CT molecular complexity index is 355. The molecule has 0 atom stereocenters. The van der Waals surface area contributed by atoms with Crippen molar-refractivity contribution in [2.45, 2.75) is 20.5 Å². The molecule has 0 fully saturated rings. The fourth-order valence-corrected chi connectivity index (χ4v) is 1.30. The lowest BCUT2D eigenvalue weighted by molar-refractivity contribution is -0.385. The van der Waals surface area contributed by atoms with Gasteiger partial charge in [-0.05, 0) is 6.07 Å². The zero-order valence-corrected chi connectivity index (χ0v) is 9.84. The number of rotatable bonds is 2. The van der Waals surface area contributed by atoms with Gasteiger partial charge in [0.25, 0.3) is 5.69 Å². The number of hydrogen-bond donors (Lipinski definition) is 1. The average molecular weight is 252 g/mol. The lowest BCUT2D eigenvalue weighted by Gasteiger charge is -2.02. The summed E-state index contributed by atoms with van der Waals surface area (Å²) >= 11 is 11.2. The third-order valence-corrected chi connectivity index (χ3v) is 2.37. The number of nitro groups is 1. The molecule has 0 aromatic heterocycles. The van der Waals surface area contributed by atoms with Gasteiger partial charge >= 0.3 is 0 Å². The van der Waals surface area contributed by atoms with Crippen molar-refractivity contribution < 1.29 is 10.0 Å². The number of nitro benzene ring substituents is 1. The second-order valence-corrected chi connectivity index (χ2v) is 3.06. The van der Waals surface area contributed by atoms with Gasteiger partial charge in [-0.1, -0.05) is 37.0 Å². The van der Waals surface area contributed by atoms with Crippen molar-refractivity contribution in [3.05, 3.63) is 37.9 Å². The van der Waals surface area contributed by atoms with Gasteiger partial charge in [0.2, 0.25) is 0 Å². The molecule has 0 aliphatic heterocycles. The highest BCUT2D eigenvalue weighted by molar-refractivity contribution is 6.42. The monoisotopic (exact) mass is 251 g/mol. The maximum atomic E-state index is 10.4. The Balaban J connectivity index is 0.000000921. The molecule has 4 nitrogen and oxygen atoms in total. The zero-order chi connectivity index (χ0) is 12.0. The molecule has 6 heteroatoms. The van der Waals surface area contributed by atoms with Crippen molar-refractivity contribution in [2.24, 2.45) is 0 Å². The van der Waals surface area contributed by atoms with E-state index in [0.29, 0.717) is 0 Å². The maximum absolute atomic E-state index is 10.4. The molecule has 84 valence electrons. The Kier molecular flexibility index (Phi) is 6.24. The molecule has 0 bridgehead atoms. The molecule has 0 saturated carbocycles. The molecule has 0 aliphatic rings. The third-order valence-electron chi connectivity index (χ3n) is 1.53. The first kappa shape index (κ1) is 14.2. The van der Waals surface area contributed by atoms with Crippen LogP contribution in [-0.2, 0) is 6.61 Å². The number of hydrogen-bond acceptors (Lipinski definition) is 3. The first-order valence-corrected chi connectivity index (χ1v) is 5.05. The Hall–Kier alpha value is -0.840. The van der Waals surface area contributed by atoms with Crippen molar-refractivity contribution in [1.29, 1.82) is 0 Å². The first-order chi connectivity index (χ1) is 7.07. The summed E-state index contributed by atoms with van der Waals surface area (Å²) in [5, 5.41) is 19.5. The molecule has 0 radical (unpaired) electrons. The normalized spacial score (nSPS) is 9.13. The minimum absolute atomic E-state index is 0.0263. The number of aliphatic hydroxyl groups excluding tert-OH is 1. The summed E-state index contributed by atoms with van der Waals surface area (Å²) in [7, 11) is 0. The van der Waals surface area contributed by atoms with Crippen LogP contribution < -0.4 is 0 Å². The molecule has 1 rings (SSSR count). The summed E-state index contributed by atoms with van der Waals surface area (Å²) < 4.78 is 0.